The summed E-state index contributed by atoms with van der Waals surface area (Å²) in [5.41, 5.74) is 2.70. The van der Waals surface area contributed by atoms with Crippen LogP contribution in [0.5, 0.6) is 11.5 Å². The van der Waals surface area contributed by atoms with Crippen molar-refractivity contribution in [3.63, 3.8) is 0 Å². The van der Waals surface area contributed by atoms with Gasteiger partial charge < -0.3 is 23.5 Å². The summed E-state index contributed by atoms with van der Waals surface area (Å²) in [5, 5.41) is 11.6. The van der Waals surface area contributed by atoms with Crippen LogP contribution in [-0.4, -0.2) is 62.7 Å². The van der Waals surface area contributed by atoms with Gasteiger partial charge in [-0.05, 0) is 48.0 Å². The Hall–Kier alpha value is -1.39. The Morgan fingerprint density at radius 1 is 0.711 bits per heavy atom. The second-order valence-electron chi connectivity index (χ2n) is 8.85. The summed E-state index contributed by atoms with van der Waals surface area (Å²) in [5.74, 6) is -1.14. The molecule has 0 unspecified atom stereocenters. The molecule has 0 saturated carbocycles. The molecule has 5 aromatic rings. The van der Waals surface area contributed by atoms with Gasteiger partial charge in [0.1, 0.15) is 41.9 Å². The Morgan fingerprint density at radius 2 is 1.13 bits per heavy atom. The Bertz CT molecular complexity index is 2230. The van der Waals surface area contributed by atoms with E-state index >= 15 is 0 Å². The molecule has 0 atom stereocenters. The van der Waals surface area contributed by atoms with Gasteiger partial charge in [0.05, 0.1) is 20.9 Å². The maximum absolute atomic E-state index is 12.3. The molecule has 218 valence electrons. The minimum Gasteiger partial charge on any atom is -0.744 e. The molecule has 0 bridgehead atoms. The minimum atomic E-state index is -5.35. The van der Waals surface area contributed by atoms with Crippen molar-refractivity contribution in [2.75, 3.05) is 6.61 Å². The first-order valence-corrected chi connectivity index (χ1v) is 15.7. The second kappa shape index (κ2) is 14.8. The Kier molecular flexibility index (Phi) is 13.1. The number of benzene rings is 5. The number of rotatable bonds is 8. The number of amides is 1. The van der Waals surface area contributed by atoms with Crippen LogP contribution in [0.15, 0.2) is 80.5 Å². The largest absolute Gasteiger partial charge is 1.00 e. The molecule has 45 heavy (non-hydrogen) atoms. The van der Waals surface area contributed by atoms with E-state index in [0.717, 1.165) is 24.3 Å². The predicted octanol–water partition coefficient (Wildman–Crippen LogP) is -7.46. The molecule has 14 nitrogen and oxygen atoms in total. The Morgan fingerprint density at radius 3 is 1.60 bits per heavy atom. The van der Waals surface area contributed by atoms with Gasteiger partial charge >= 0.3 is 88.7 Å². The first kappa shape index (κ1) is 39.8. The number of nitrogens with zero attached hydrogens (tertiary/aromatic N) is 1. The molecular formula is C25H15N2Na3O12S3. The Labute approximate surface area is 322 Å². The topological polar surface area (TPSA) is 243 Å². The zero-order valence-electron chi connectivity index (χ0n) is 23.7. The first-order valence-electron chi connectivity index (χ1n) is 11.5. The molecule has 0 heterocycles. The van der Waals surface area contributed by atoms with E-state index in [2.05, 4.69) is 10.5 Å². The second-order valence-corrected chi connectivity index (χ2v) is 12.9. The molecule has 0 aliphatic heterocycles. The van der Waals surface area contributed by atoms with Crippen LogP contribution < -0.4 is 98.8 Å². The number of hydrazone groups is 1. The van der Waals surface area contributed by atoms with Crippen LogP contribution >= 0.6 is 0 Å². The van der Waals surface area contributed by atoms with Crippen molar-refractivity contribution < 1.29 is 142 Å². The third kappa shape index (κ3) is 8.37. The van der Waals surface area contributed by atoms with Crippen molar-refractivity contribution in [1.82, 2.24) is 5.43 Å². The van der Waals surface area contributed by atoms with Crippen LogP contribution in [0.3, 0.4) is 0 Å². The molecular weight excluding hydrogens is 685 g/mol. The fourth-order valence-corrected chi connectivity index (χ4v) is 6.69. The molecule has 20 heteroatoms. The van der Waals surface area contributed by atoms with E-state index in [9.17, 15) is 48.8 Å². The van der Waals surface area contributed by atoms with E-state index in [1.54, 1.807) is 0 Å². The average Bonchev–Trinajstić information content (AvgIpc) is 2.89. The minimum absolute atomic E-state index is 0. The molecule has 0 saturated heterocycles. The van der Waals surface area contributed by atoms with E-state index in [1.165, 1.54) is 36.5 Å². The van der Waals surface area contributed by atoms with Crippen molar-refractivity contribution >= 4 is 74.8 Å². The molecule has 0 aliphatic carbocycles. The normalized spacial score (nSPS) is 12.1. The number of carbonyl (C=O) groups is 1. The third-order valence-corrected chi connectivity index (χ3v) is 8.84. The number of phenols is 1. The molecule has 0 aromatic heterocycles. The standard InChI is InChI=1S/C25H18N2O12S3.3Na/c28-14-3-1-13(2-4-14)11-26-27-23(29)12-39-19-9-20(40(30,31)32)16-7-8-18-22(42(36,37)38)10-21(41(33,34)35)17-6-5-15(19)24(16)25(17)18;;;/h1-11,28H,12H2,(H,27,29)(H,30,31,32)(H,33,34,35)(H,36,37,38);;;/q;3*+1/p-3/b26-11+;;;. The SMILES string of the molecule is O=C(COc1cc(S(=O)(=O)[O-])c2ccc3c(S(=O)(=O)[O-])cc(S(=O)(=O)[O-])c4ccc1c2c43)N/N=C/c1ccc(O)cc1.[Na+].[Na+].[Na+]. The average molecular weight is 701 g/mol. The molecule has 1 amide bonds. The van der Waals surface area contributed by atoms with Crippen LogP contribution in [0.4, 0.5) is 0 Å². The summed E-state index contributed by atoms with van der Waals surface area (Å²) in [7, 11) is -16.0. The van der Waals surface area contributed by atoms with Gasteiger partial charge in [0.25, 0.3) is 5.91 Å². The van der Waals surface area contributed by atoms with Crippen molar-refractivity contribution in [2.24, 2.45) is 5.10 Å². The van der Waals surface area contributed by atoms with Gasteiger partial charge in [0.2, 0.25) is 0 Å². The van der Waals surface area contributed by atoms with Gasteiger partial charge in [-0.2, -0.15) is 5.10 Å². The molecule has 0 fully saturated rings. The summed E-state index contributed by atoms with van der Waals surface area (Å²) in [6.07, 6.45) is 1.26. The molecule has 5 rings (SSSR count). The van der Waals surface area contributed by atoms with E-state index in [1.807, 2.05) is 0 Å². The van der Waals surface area contributed by atoms with Crippen molar-refractivity contribution in [2.45, 2.75) is 14.7 Å². The maximum Gasteiger partial charge on any atom is 1.00 e. The fraction of sp³-hybridized carbons (Fsp3) is 0.0400. The maximum atomic E-state index is 12.3. The summed E-state index contributed by atoms with van der Waals surface area (Å²) in [6, 6.07) is 11.5. The molecule has 0 spiro atoms. The van der Waals surface area contributed by atoms with Gasteiger partial charge in [0, 0.05) is 32.3 Å². The quantitative estimate of drug-likeness (QED) is 0.0504. The van der Waals surface area contributed by atoms with Gasteiger partial charge in [-0.25, -0.2) is 30.7 Å². The zero-order chi connectivity index (χ0) is 30.6. The summed E-state index contributed by atoms with van der Waals surface area (Å²) in [4.78, 5) is 9.39. The summed E-state index contributed by atoms with van der Waals surface area (Å²) < 4.78 is 114. The smallest absolute Gasteiger partial charge is 0.744 e. The van der Waals surface area contributed by atoms with E-state index in [0.29, 0.717) is 11.6 Å². The van der Waals surface area contributed by atoms with Crippen molar-refractivity contribution in [3.05, 3.63) is 66.2 Å². The van der Waals surface area contributed by atoms with Crippen LogP contribution in [-0.2, 0) is 35.1 Å². The summed E-state index contributed by atoms with van der Waals surface area (Å²) in [6.45, 7) is -0.754. The third-order valence-electron chi connectivity index (χ3n) is 6.21. The fourth-order valence-electron chi connectivity index (χ4n) is 4.52. The molecule has 0 radical (unpaired) electrons. The van der Waals surface area contributed by atoms with Crippen LogP contribution in [0, 0.1) is 0 Å². The monoisotopic (exact) mass is 700 g/mol. The van der Waals surface area contributed by atoms with Gasteiger partial charge in [-0.3, -0.25) is 4.79 Å². The number of hydrogen-bond donors (Lipinski definition) is 2. The number of phenolic OH excluding ortho intramolecular Hbond substituents is 1. The van der Waals surface area contributed by atoms with E-state index in [4.69, 9.17) is 4.74 Å². The van der Waals surface area contributed by atoms with Gasteiger partial charge in [-0.15, -0.1) is 0 Å². The van der Waals surface area contributed by atoms with Crippen LogP contribution in [0.1, 0.15) is 5.56 Å². The number of aromatic hydroxyl groups is 1. The number of ether oxygens (including phenoxy) is 1. The van der Waals surface area contributed by atoms with E-state index < -0.39 is 57.6 Å². The van der Waals surface area contributed by atoms with Gasteiger partial charge in [0.15, 0.2) is 6.61 Å². The van der Waals surface area contributed by atoms with Crippen LogP contribution in [0.25, 0.3) is 32.3 Å². The van der Waals surface area contributed by atoms with Crippen molar-refractivity contribution in [3.8, 4) is 11.5 Å². The van der Waals surface area contributed by atoms with Crippen LogP contribution in [0.2, 0.25) is 0 Å². The van der Waals surface area contributed by atoms with Crippen molar-refractivity contribution in [1.29, 1.82) is 0 Å². The first-order chi connectivity index (χ1) is 19.6. The predicted molar refractivity (Wildman–Crippen MR) is 143 cm³/mol. The number of nitrogens with one attached hydrogen (secondary N) is 1. The molecule has 0 aliphatic rings. The Balaban J connectivity index is 0.00000235. The van der Waals surface area contributed by atoms with Gasteiger partial charge in [-0.1, -0.05) is 18.2 Å². The number of carbonyl (C=O) groups excluding carboxylic acids is 1. The molecule has 5 aromatic carbocycles. The molecule has 2 N–H and O–H groups in total. The van der Waals surface area contributed by atoms with E-state index in [-0.39, 0.29) is 132 Å². The number of hydrogen-bond acceptors (Lipinski definition) is 13. The zero-order valence-corrected chi connectivity index (χ0v) is 32.1. The summed E-state index contributed by atoms with van der Waals surface area (Å²) >= 11 is 0.